The lowest BCUT2D eigenvalue weighted by molar-refractivity contribution is 0.0423. The van der Waals surface area contributed by atoms with Crippen LogP contribution in [0.5, 0.6) is 0 Å². The summed E-state index contributed by atoms with van der Waals surface area (Å²) in [5, 5.41) is 3.59. The molecule has 3 unspecified atom stereocenters. The maximum atomic E-state index is 3.59. The summed E-state index contributed by atoms with van der Waals surface area (Å²) in [7, 11) is 2.15. The molecule has 1 heterocycles. The van der Waals surface area contributed by atoms with Crippen LogP contribution in [0.2, 0.25) is 0 Å². The van der Waals surface area contributed by atoms with E-state index in [1.54, 1.807) is 0 Å². The third kappa shape index (κ3) is 3.96. The van der Waals surface area contributed by atoms with Crippen molar-refractivity contribution in [1.29, 1.82) is 0 Å². The molecule has 20 heavy (non-hydrogen) atoms. The highest BCUT2D eigenvalue weighted by atomic mass is 15.3. The van der Waals surface area contributed by atoms with Gasteiger partial charge in [0.1, 0.15) is 0 Å². The van der Waals surface area contributed by atoms with Crippen LogP contribution in [0.4, 0.5) is 0 Å². The van der Waals surface area contributed by atoms with Gasteiger partial charge in [0.2, 0.25) is 0 Å². The van der Waals surface area contributed by atoms with Crippen molar-refractivity contribution in [1.82, 2.24) is 15.1 Å². The van der Waals surface area contributed by atoms with Crippen molar-refractivity contribution < 1.29 is 0 Å². The molecule has 1 aliphatic heterocycles. The van der Waals surface area contributed by atoms with Crippen LogP contribution in [0.3, 0.4) is 0 Å². The summed E-state index contributed by atoms with van der Waals surface area (Å²) in [4.78, 5) is 5.41. The molecule has 1 aliphatic carbocycles. The molecule has 3 atom stereocenters. The molecule has 0 radical (unpaired) electrons. The molecule has 0 aromatic rings. The molecule has 0 aromatic carbocycles. The summed E-state index contributed by atoms with van der Waals surface area (Å²) in [6.45, 7) is 13.5. The zero-order valence-corrected chi connectivity index (χ0v) is 14.1. The van der Waals surface area contributed by atoms with E-state index in [0.717, 1.165) is 17.9 Å². The summed E-state index contributed by atoms with van der Waals surface area (Å²) >= 11 is 0. The van der Waals surface area contributed by atoms with E-state index in [2.05, 4.69) is 42.9 Å². The number of hydrogen-bond donors (Lipinski definition) is 1. The van der Waals surface area contributed by atoms with Crippen molar-refractivity contribution in [2.75, 3.05) is 39.8 Å². The standard InChI is InChI=1S/C17H35N3/c1-5-8-19-9-11-20(12-10-19)17-13-15(14(2)3)6-7-16(17)18-4/h14-18H,5-13H2,1-4H3. The van der Waals surface area contributed by atoms with Crippen LogP contribution in [0.1, 0.15) is 46.5 Å². The Morgan fingerprint density at radius 3 is 2.35 bits per heavy atom. The largest absolute Gasteiger partial charge is 0.315 e. The molecule has 0 aromatic heterocycles. The fourth-order valence-corrected chi connectivity index (χ4v) is 4.16. The van der Waals surface area contributed by atoms with E-state index >= 15 is 0 Å². The Labute approximate surface area is 126 Å². The third-order valence-corrected chi connectivity index (χ3v) is 5.59. The average molecular weight is 281 g/mol. The first-order valence-corrected chi connectivity index (χ1v) is 8.79. The summed E-state index contributed by atoms with van der Waals surface area (Å²) in [5.41, 5.74) is 0. The molecule has 3 heteroatoms. The maximum absolute atomic E-state index is 3.59. The Hall–Kier alpha value is -0.120. The van der Waals surface area contributed by atoms with Crippen molar-refractivity contribution >= 4 is 0 Å². The van der Waals surface area contributed by atoms with Crippen molar-refractivity contribution in [3.05, 3.63) is 0 Å². The number of hydrogen-bond acceptors (Lipinski definition) is 3. The molecule has 1 saturated heterocycles. The van der Waals surface area contributed by atoms with E-state index in [1.165, 1.54) is 58.4 Å². The molecule has 1 N–H and O–H groups in total. The van der Waals surface area contributed by atoms with E-state index < -0.39 is 0 Å². The molecule has 0 bridgehead atoms. The van der Waals surface area contributed by atoms with E-state index in [0.29, 0.717) is 6.04 Å². The minimum atomic E-state index is 0.711. The molecule has 0 spiro atoms. The van der Waals surface area contributed by atoms with Gasteiger partial charge in [0, 0.05) is 38.3 Å². The number of likely N-dealkylation sites (N-methyl/N-ethyl adjacent to an activating group) is 1. The number of nitrogens with one attached hydrogen (secondary N) is 1. The van der Waals surface area contributed by atoms with Gasteiger partial charge in [-0.05, 0) is 51.1 Å². The van der Waals surface area contributed by atoms with Gasteiger partial charge in [0.25, 0.3) is 0 Å². The molecule has 0 amide bonds. The van der Waals surface area contributed by atoms with E-state index in [1.807, 2.05) is 0 Å². The fourth-order valence-electron chi connectivity index (χ4n) is 4.16. The lowest BCUT2D eigenvalue weighted by atomic mass is 9.76. The van der Waals surface area contributed by atoms with Crippen molar-refractivity contribution in [3.8, 4) is 0 Å². The Morgan fingerprint density at radius 1 is 1.10 bits per heavy atom. The second kappa shape index (κ2) is 7.77. The third-order valence-electron chi connectivity index (χ3n) is 5.59. The van der Waals surface area contributed by atoms with Gasteiger partial charge in [-0.2, -0.15) is 0 Å². The highest BCUT2D eigenvalue weighted by Crippen LogP contribution is 2.33. The van der Waals surface area contributed by atoms with Crippen molar-refractivity contribution in [2.45, 2.75) is 58.5 Å². The second-order valence-electron chi connectivity index (χ2n) is 7.16. The SMILES string of the molecule is CCCN1CCN(C2CC(C(C)C)CCC2NC)CC1. The predicted octanol–water partition coefficient (Wildman–Crippen LogP) is 2.43. The van der Waals surface area contributed by atoms with Gasteiger partial charge in [0.05, 0.1) is 0 Å². The summed E-state index contributed by atoms with van der Waals surface area (Å²) in [6.07, 6.45) is 5.46. The molecule has 1 saturated carbocycles. The molecule has 118 valence electrons. The van der Waals surface area contributed by atoms with Gasteiger partial charge in [-0.3, -0.25) is 4.90 Å². The Bertz CT molecular complexity index is 271. The van der Waals surface area contributed by atoms with Crippen LogP contribution in [-0.4, -0.2) is 61.7 Å². The lowest BCUT2D eigenvalue weighted by Crippen LogP contribution is -2.58. The minimum absolute atomic E-state index is 0.711. The topological polar surface area (TPSA) is 18.5 Å². The Balaban J connectivity index is 1.91. The lowest BCUT2D eigenvalue weighted by Gasteiger charge is -2.46. The van der Waals surface area contributed by atoms with E-state index in [-0.39, 0.29) is 0 Å². The van der Waals surface area contributed by atoms with Gasteiger partial charge in [-0.1, -0.05) is 20.8 Å². The van der Waals surface area contributed by atoms with Crippen LogP contribution in [0.25, 0.3) is 0 Å². The number of rotatable bonds is 5. The monoisotopic (exact) mass is 281 g/mol. The zero-order chi connectivity index (χ0) is 14.5. The second-order valence-corrected chi connectivity index (χ2v) is 7.16. The molecular weight excluding hydrogens is 246 g/mol. The van der Waals surface area contributed by atoms with Gasteiger partial charge in [0.15, 0.2) is 0 Å². The van der Waals surface area contributed by atoms with Crippen LogP contribution >= 0.6 is 0 Å². The van der Waals surface area contributed by atoms with Crippen LogP contribution in [0, 0.1) is 11.8 Å². The first-order chi connectivity index (χ1) is 9.65. The average Bonchev–Trinajstić information content (AvgIpc) is 2.47. The summed E-state index contributed by atoms with van der Waals surface area (Å²) in [5.74, 6) is 1.77. The first kappa shape index (κ1) is 16.3. The van der Waals surface area contributed by atoms with Gasteiger partial charge in [-0.25, -0.2) is 0 Å². The van der Waals surface area contributed by atoms with Crippen LogP contribution in [0.15, 0.2) is 0 Å². The molecule has 3 nitrogen and oxygen atoms in total. The first-order valence-electron chi connectivity index (χ1n) is 8.79. The highest BCUT2D eigenvalue weighted by Gasteiger charge is 2.35. The van der Waals surface area contributed by atoms with Crippen LogP contribution < -0.4 is 5.32 Å². The van der Waals surface area contributed by atoms with E-state index in [9.17, 15) is 0 Å². The zero-order valence-electron chi connectivity index (χ0n) is 14.1. The molecule has 2 fully saturated rings. The Morgan fingerprint density at radius 2 is 1.80 bits per heavy atom. The molecule has 2 aliphatic rings. The predicted molar refractivity (Wildman–Crippen MR) is 87.1 cm³/mol. The van der Waals surface area contributed by atoms with Crippen LogP contribution in [-0.2, 0) is 0 Å². The fraction of sp³-hybridized carbons (Fsp3) is 1.00. The Kier molecular flexibility index (Phi) is 6.31. The van der Waals surface area contributed by atoms with E-state index in [4.69, 9.17) is 0 Å². The number of nitrogens with zero attached hydrogens (tertiary/aromatic N) is 2. The van der Waals surface area contributed by atoms with Gasteiger partial charge < -0.3 is 10.2 Å². The molecule has 2 rings (SSSR count). The van der Waals surface area contributed by atoms with Gasteiger partial charge in [-0.15, -0.1) is 0 Å². The number of piperazine rings is 1. The van der Waals surface area contributed by atoms with Crippen molar-refractivity contribution in [3.63, 3.8) is 0 Å². The van der Waals surface area contributed by atoms with Gasteiger partial charge >= 0.3 is 0 Å². The van der Waals surface area contributed by atoms with Crippen molar-refractivity contribution in [2.24, 2.45) is 11.8 Å². The summed E-state index contributed by atoms with van der Waals surface area (Å²) in [6, 6.07) is 1.48. The highest BCUT2D eigenvalue weighted by molar-refractivity contribution is 4.93. The quantitative estimate of drug-likeness (QED) is 0.835. The molecular formula is C17H35N3. The smallest absolute Gasteiger partial charge is 0.0253 e. The normalized spacial score (nSPS) is 33.8. The summed E-state index contributed by atoms with van der Waals surface area (Å²) < 4.78 is 0. The maximum Gasteiger partial charge on any atom is 0.0253 e. The minimum Gasteiger partial charge on any atom is -0.315 e.